The van der Waals surface area contributed by atoms with E-state index in [1.165, 1.54) is 42.3 Å². The van der Waals surface area contributed by atoms with Crippen molar-refractivity contribution in [3.63, 3.8) is 0 Å². The molecule has 29 heavy (non-hydrogen) atoms. The molecular weight excluding hydrogens is 373 g/mol. The van der Waals surface area contributed by atoms with Crippen molar-refractivity contribution in [3.8, 4) is 28.6 Å². The predicted octanol–water partition coefficient (Wildman–Crippen LogP) is 3.23. The van der Waals surface area contributed by atoms with Crippen LogP contribution in [0.15, 0.2) is 42.6 Å². The molecule has 8 heteroatoms. The Balaban J connectivity index is 1.30. The summed E-state index contributed by atoms with van der Waals surface area (Å²) in [6, 6.07) is 10.9. The minimum Gasteiger partial charge on any atom is -0.507 e. The number of rotatable bonds is 4. The molecule has 0 saturated carbocycles. The number of phenolic OH excluding ortho intramolecular Hbond substituents is 1. The molecule has 5 rings (SSSR count). The van der Waals surface area contributed by atoms with Gasteiger partial charge in [0.1, 0.15) is 11.9 Å². The lowest BCUT2D eigenvalue weighted by Crippen LogP contribution is -2.51. The van der Waals surface area contributed by atoms with Crippen molar-refractivity contribution in [1.82, 2.24) is 25.3 Å². The molecule has 4 heterocycles. The van der Waals surface area contributed by atoms with E-state index in [9.17, 15) is 9.50 Å². The van der Waals surface area contributed by atoms with Crippen LogP contribution in [-0.4, -0.2) is 43.3 Å². The van der Waals surface area contributed by atoms with Gasteiger partial charge in [-0.2, -0.15) is 4.39 Å². The van der Waals surface area contributed by atoms with Crippen molar-refractivity contribution in [2.45, 2.75) is 50.3 Å². The van der Waals surface area contributed by atoms with Gasteiger partial charge in [-0.25, -0.2) is 4.68 Å². The average molecular weight is 395 g/mol. The maximum absolute atomic E-state index is 13.1. The van der Waals surface area contributed by atoms with Gasteiger partial charge in [0, 0.05) is 42.0 Å². The van der Waals surface area contributed by atoms with E-state index in [-0.39, 0.29) is 11.9 Å². The number of benzene rings is 1. The fourth-order valence-corrected chi connectivity index (χ4v) is 4.33. The number of piperidine rings is 2. The fourth-order valence-electron chi connectivity index (χ4n) is 4.33. The van der Waals surface area contributed by atoms with Crippen LogP contribution in [-0.2, 0) is 0 Å². The van der Waals surface area contributed by atoms with Crippen LogP contribution in [0, 0.1) is 5.95 Å². The molecule has 0 spiro atoms. The molecule has 2 aliphatic heterocycles. The number of nitrogens with one attached hydrogen (secondary N) is 1. The maximum atomic E-state index is 13.1. The van der Waals surface area contributed by atoms with Gasteiger partial charge >= 0.3 is 0 Å². The monoisotopic (exact) mass is 395 g/mol. The van der Waals surface area contributed by atoms with Crippen molar-refractivity contribution in [3.05, 3.63) is 48.5 Å². The number of hydrogen-bond donors (Lipinski definition) is 2. The van der Waals surface area contributed by atoms with E-state index in [0.29, 0.717) is 34.9 Å². The molecule has 0 radical (unpaired) electrons. The van der Waals surface area contributed by atoms with Crippen LogP contribution >= 0.6 is 0 Å². The Morgan fingerprint density at radius 1 is 1.07 bits per heavy atom. The first-order valence-electron chi connectivity index (χ1n) is 9.95. The van der Waals surface area contributed by atoms with Gasteiger partial charge in [-0.1, -0.05) is 6.42 Å². The molecule has 2 bridgehead atoms. The molecule has 3 aromatic rings. The maximum Gasteiger partial charge on any atom is 0.233 e. The van der Waals surface area contributed by atoms with E-state index in [1.807, 2.05) is 0 Å². The van der Waals surface area contributed by atoms with Crippen LogP contribution < -0.4 is 10.1 Å². The molecule has 2 saturated heterocycles. The summed E-state index contributed by atoms with van der Waals surface area (Å²) in [5.41, 5.74) is 1.63. The fraction of sp³-hybridized carbons (Fsp3) is 0.381. The topological polar surface area (TPSA) is 85.1 Å². The first kappa shape index (κ1) is 18.1. The van der Waals surface area contributed by atoms with Gasteiger partial charge in [0.25, 0.3) is 0 Å². The number of hydrogen-bond acceptors (Lipinski definition) is 6. The van der Waals surface area contributed by atoms with Crippen LogP contribution in [0.4, 0.5) is 4.39 Å². The molecule has 0 amide bonds. The molecule has 150 valence electrons. The third-order valence-electron chi connectivity index (χ3n) is 5.68. The highest BCUT2D eigenvalue weighted by Gasteiger charge is 2.32. The van der Waals surface area contributed by atoms with Crippen LogP contribution in [0.3, 0.4) is 0 Å². The number of aromatic nitrogens is 4. The van der Waals surface area contributed by atoms with Crippen LogP contribution in [0.1, 0.15) is 32.1 Å². The van der Waals surface area contributed by atoms with E-state index in [0.717, 1.165) is 12.8 Å². The average Bonchev–Trinajstić information content (AvgIpc) is 3.15. The van der Waals surface area contributed by atoms with Gasteiger partial charge in [0.2, 0.25) is 11.8 Å². The van der Waals surface area contributed by atoms with Crippen molar-refractivity contribution < 1.29 is 14.2 Å². The number of ether oxygens (including phenoxy) is 1. The second-order valence-corrected chi connectivity index (χ2v) is 7.74. The third kappa shape index (κ3) is 3.80. The number of phenols is 1. The zero-order chi connectivity index (χ0) is 19.8. The van der Waals surface area contributed by atoms with Gasteiger partial charge in [0.05, 0.1) is 11.4 Å². The predicted molar refractivity (Wildman–Crippen MR) is 104 cm³/mol. The zero-order valence-corrected chi connectivity index (χ0v) is 15.8. The minimum absolute atomic E-state index is 0.0209. The summed E-state index contributed by atoms with van der Waals surface area (Å²) in [5, 5.41) is 26.2. The van der Waals surface area contributed by atoms with E-state index >= 15 is 0 Å². The number of aromatic hydroxyl groups is 1. The largest absolute Gasteiger partial charge is 0.507 e. The van der Waals surface area contributed by atoms with Crippen molar-refractivity contribution in [2.75, 3.05) is 0 Å². The van der Waals surface area contributed by atoms with E-state index in [2.05, 4.69) is 20.6 Å². The Morgan fingerprint density at radius 2 is 1.90 bits per heavy atom. The van der Waals surface area contributed by atoms with Crippen molar-refractivity contribution in [1.29, 1.82) is 0 Å². The lowest BCUT2D eigenvalue weighted by molar-refractivity contribution is 0.0881. The van der Waals surface area contributed by atoms with Crippen LogP contribution in [0.5, 0.6) is 11.6 Å². The van der Waals surface area contributed by atoms with Crippen molar-refractivity contribution >= 4 is 0 Å². The number of halogens is 1. The summed E-state index contributed by atoms with van der Waals surface area (Å²) in [6.45, 7) is 0. The zero-order valence-electron chi connectivity index (χ0n) is 15.8. The molecule has 2 unspecified atom stereocenters. The Morgan fingerprint density at radius 3 is 2.55 bits per heavy atom. The highest BCUT2D eigenvalue weighted by Crippen LogP contribution is 2.31. The minimum atomic E-state index is -0.576. The molecule has 1 aromatic carbocycles. The Hall–Kier alpha value is -3.00. The molecule has 2 aromatic heterocycles. The molecule has 2 atom stereocenters. The molecule has 2 aliphatic rings. The molecule has 0 aliphatic carbocycles. The normalized spacial score (nSPS) is 23.7. The summed E-state index contributed by atoms with van der Waals surface area (Å²) >= 11 is 0. The van der Waals surface area contributed by atoms with E-state index < -0.39 is 5.95 Å². The van der Waals surface area contributed by atoms with Gasteiger partial charge < -0.3 is 15.2 Å². The number of nitrogens with zero attached hydrogens (tertiary/aromatic N) is 4. The molecule has 7 nitrogen and oxygen atoms in total. The highest BCUT2D eigenvalue weighted by atomic mass is 19.1. The Labute approximate surface area is 167 Å². The summed E-state index contributed by atoms with van der Waals surface area (Å²) < 4.78 is 20.5. The van der Waals surface area contributed by atoms with Gasteiger partial charge in [-0.15, -0.1) is 15.3 Å². The van der Waals surface area contributed by atoms with Gasteiger partial charge in [-0.05, 0) is 43.9 Å². The lowest BCUT2D eigenvalue weighted by Gasteiger charge is -2.39. The van der Waals surface area contributed by atoms with Gasteiger partial charge in [-0.3, -0.25) is 0 Å². The van der Waals surface area contributed by atoms with Crippen LogP contribution in [0.2, 0.25) is 0 Å². The van der Waals surface area contributed by atoms with Gasteiger partial charge in [0.15, 0.2) is 0 Å². The summed E-state index contributed by atoms with van der Waals surface area (Å²) in [5.74, 6) is -0.0539. The second-order valence-electron chi connectivity index (χ2n) is 7.74. The van der Waals surface area contributed by atoms with E-state index in [1.54, 1.807) is 24.3 Å². The smallest absolute Gasteiger partial charge is 0.233 e. The van der Waals surface area contributed by atoms with Crippen LogP contribution in [0.25, 0.3) is 16.9 Å². The summed E-state index contributed by atoms with van der Waals surface area (Å²) in [7, 11) is 0. The third-order valence-corrected chi connectivity index (χ3v) is 5.68. The summed E-state index contributed by atoms with van der Waals surface area (Å²) in [6.07, 6.45) is 7.36. The molecule has 2 N–H and O–H groups in total. The second kappa shape index (κ2) is 7.44. The number of fused-ring (bicyclic) bond motifs is 2. The Bertz CT molecular complexity index is 995. The lowest BCUT2D eigenvalue weighted by atomic mass is 9.85. The van der Waals surface area contributed by atoms with E-state index in [4.69, 9.17) is 4.74 Å². The Kier molecular flexibility index (Phi) is 4.63. The van der Waals surface area contributed by atoms with Crippen molar-refractivity contribution in [2.24, 2.45) is 0 Å². The first-order valence-corrected chi connectivity index (χ1v) is 9.95. The quantitative estimate of drug-likeness (QED) is 0.706. The molecular formula is C21H22FN5O2. The first-order chi connectivity index (χ1) is 14.1. The SMILES string of the molecule is Oc1cc(-n2ccc(F)n2)ccc1-c1ccc(OC2CC3CCCC(C2)N3)nn1. The molecule has 2 fully saturated rings. The standard InChI is InChI=1S/C21H22FN5O2/c22-20-8-9-27(26-20)15-4-5-17(19(28)12-15)18-6-7-21(25-24-18)29-16-10-13-2-1-3-14(11-16)23-13/h4-9,12-14,16,23,28H,1-3,10-11H2. The highest BCUT2D eigenvalue weighted by molar-refractivity contribution is 5.68. The summed E-state index contributed by atoms with van der Waals surface area (Å²) in [4.78, 5) is 0.